The summed E-state index contributed by atoms with van der Waals surface area (Å²) in [4.78, 5) is 14.0. The Morgan fingerprint density at radius 1 is 1.47 bits per heavy atom. The van der Waals surface area contributed by atoms with Crippen LogP contribution in [-0.4, -0.2) is 61.5 Å². The van der Waals surface area contributed by atoms with E-state index < -0.39 is 15.2 Å². The van der Waals surface area contributed by atoms with Crippen LogP contribution in [0.25, 0.3) is 0 Å². The summed E-state index contributed by atoms with van der Waals surface area (Å²) in [7, 11) is -3.21. The average molecular weight is 308 g/mol. The van der Waals surface area contributed by atoms with Gasteiger partial charge in [-0.3, -0.25) is 4.79 Å². The first-order valence-electron chi connectivity index (χ1n) is 6.74. The largest absolute Gasteiger partial charge is 0.324 e. The van der Waals surface area contributed by atoms with Crippen molar-refractivity contribution >= 4 is 27.5 Å². The molecule has 1 rings (SSSR count). The van der Waals surface area contributed by atoms with Crippen LogP contribution in [0.1, 0.15) is 20.8 Å². The lowest BCUT2D eigenvalue weighted by Gasteiger charge is -2.36. The number of rotatable bonds is 6. The van der Waals surface area contributed by atoms with Gasteiger partial charge in [0.1, 0.15) is 5.37 Å². The third-order valence-corrected chi connectivity index (χ3v) is 6.60. The summed E-state index contributed by atoms with van der Waals surface area (Å²) in [6.45, 7) is 7.41. The van der Waals surface area contributed by atoms with E-state index in [4.69, 9.17) is 0 Å². The Morgan fingerprint density at radius 3 is 2.74 bits per heavy atom. The van der Waals surface area contributed by atoms with Crippen LogP contribution in [0.15, 0.2) is 0 Å². The van der Waals surface area contributed by atoms with Gasteiger partial charge < -0.3 is 10.2 Å². The average Bonchev–Trinajstić information content (AvgIpc) is 2.43. The number of thioether (sulfide) groups is 1. The first-order chi connectivity index (χ1) is 8.94. The molecule has 19 heavy (non-hydrogen) atoms. The number of carbonyl (C=O) groups is 1. The van der Waals surface area contributed by atoms with Crippen molar-refractivity contribution in [3.63, 3.8) is 0 Å². The molecule has 2 unspecified atom stereocenters. The summed E-state index contributed by atoms with van der Waals surface area (Å²) in [5.41, 5.74) is 0. The van der Waals surface area contributed by atoms with Crippen molar-refractivity contribution in [2.24, 2.45) is 5.92 Å². The molecule has 1 amide bonds. The topological polar surface area (TPSA) is 66.5 Å². The van der Waals surface area contributed by atoms with Gasteiger partial charge in [-0.2, -0.15) is 11.8 Å². The number of sulfone groups is 1. The Morgan fingerprint density at radius 2 is 2.16 bits per heavy atom. The Kier molecular flexibility index (Phi) is 6.62. The third kappa shape index (κ3) is 4.36. The molecule has 0 bridgehead atoms. The molecule has 0 aliphatic carbocycles. The van der Waals surface area contributed by atoms with Crippen molar-refractivity contribution in [1.82, 2.24) is 10.2 Å². The molecule has 0 aromatic carbocycles. The number of amides is 1. The minimum Gasteiger partial charge on any atom is -0.324 e. The highest BCUT2D eigenvalue weighted by atomic mass is 32.2. The number of hydrogen-bond donors (Lipinski definition) is 1. The molecule has 0 saturated carbocycles. The number of nitrogens with zero attached hydrogens (tertiary/aromatic N) is 1. The lowest BCUT2D eigenvalue weighted by molar-refractivity contribution is -0.135. The second-order valence-electron chi connectivity index (χ2n) is 4.72. The molecule has 1 aliphatic rings. The molecule has 1 aliphatic heterocycles. The predicted octanol–water partition coefficient (Wildman–Crippen LogP) is 0.568. The van der Waals surface area contributed by atoms with Gasteiger partial charge in [0.15, 0.2) is 9.84 Å². The minimum atomic E-state index is -3.21. The second kappa shape index (κ2) is 7.50. The minimum absolute atomic E-state index is 0.0525. The van der Waals surface area contributed by atoms with E-state index in [1.165, 1.54) is 0 Å². The Labute approximate surface area is 120 Å². The highest BCUT2D eigenvalue weighted by Gasteiger charge is 2.36. The van der Waals surface area contributed by atoms with Crippen molar-refractivity contribution in [3.8, 4) is 0 Å². The van der Waals surface area contributed by atoms with Crippen molar-refractivity contribution in [2.75, 3.05) is 36.9 Å². The third-order valence-electron chi connectivity index (χ3n) is 3.31. The second-order valence-corrected chi connectivity index (χ2v) is 8.32. The lowest BCUT2D eigenvalue weighted by atomic mass is 10.1. The van der Waals surface area contributed by atoms with Gasteiger partial charge in [-0.25, -0.2) is 8.42 Å². The Balaban J connectivity index is 2.79. The van der Waals surface area contributed by atoms with Gasteiger partial charge in [-0.05, 0) is 6.54 Å². The molecule has 7 heteroatoms. The molecular formula is C12H24N2O3S2. The maximum atomic E-state index is 12.4. The highest BCUT2D eigenvalue weighted by molar-refractivity contribution is 8.01. The zero-order chi connectivity index (χ0) is 14.5. The Bertz CT molecular complexity index is 398. The maximum absolute atomic E-state index is 12.4. The molecule has 1 N–H and O–H groups in total. The molecule has 1 saturated heterocycles. The van der Waals surface area contributed by atoms with E-state index in [1.54, 1.807) is 23.6 Å². The predicted molar refractivity (Wildman–Crippen MR) is 80.0 cm³/mol. The molecule has 0 radical (unpaired) electrons. The van der Waals surface area contributed by atoms with E-state index in [-0.39, 0.29) is 17.6 Å². The van der Waals surface area contributed by atoms with Crippen molar-refractivity contribution < 1.29 is 13.2 Å². The molecule has 1 fully saturated rings. The Hall–Kier alpha value is -0.270. The van der Waals surface area contributed by atoms with Crippen LogP contribution in [0.5, 0.6) is 0 Å². The monoisotopic (exact) mass is 308 g/mol. The van der Waals surface area contributed by atoms with Gasteiger partial charge in [0.2, 0.25) is 5.91 Å². The van der Waals surface area contributed by atoms with Gasteiger partial charge in [0.05, 0.1) is 0 Å². The zero-order valence-electron chi connectivity index (χ0n) is 11.9. The van der Waals surface area contributed by atoms with E-state index in [9.17, 15) is 13.2 Å². The van der Waals surface area contributed by atoms with Crippen LogP contribution in [0.3, 0.4) is 0 Å². The van der Waals surface area contributed by atoms with Crippen LogP contribution in [0.2, 0.25) is 0 Å². The number of carbonyl (C=O) groups excluding carboxylic acids is 1. The summed E-state index contributed by atoms with van der Waals surface area (Å²) < 4.78 is 24.2. The highest BCUT2D eigenvalue weighted by Crippen LogP contribution is 2.23. The van der Waals surface area contributed by atoms with Crippen molar-refractivity contribution in [3.05, 3.63) is 0 Å². The van der Waals surface area contributed by atoms with E-state index in [2.05, 4.69) is 5.32 Å². The lowest BCUT2D eigenvalue weighted by Crippen LogP contribution is -2.53. The standard InChI is InChI=1S/C12H24N2O3S2/c1-4-13-8-10(3)12(15)14-6-7-18-9-11(14)19(16,17)5-2/h10-11,13H,4-9H2,1-3H3. The van der Waals surface area contributed by atoms with E-state index in [0.29, 0.717) is 18.8 Å². The maximum Gasteiger partial charge on any atom is 0.227 e. The molecule has 0 spiro atoms. The van der Waals surface area contributed by atoms with Gasteiger partial charge >= 0.3 is 0 Å². The van der Waals surface area contributed by atoms with Gasteiger partial charge in [-0.15, -0.1) is 0 Å². The van der Waals surface area contributed by atoms with Gasteiger partial charge in [-0.1, -0.05) is 20.8 Å². The summed E-state index contributed by atoms with van der Waals surface area (Å²) in [6, 6.07) is 0. The van der Waals surface area contributed by atoms with Crippen LogP contribution in [-0.2, 0) is 14.6 Å². The summed E-state index contributed by atoms with van der Waals surface area (Å²) >= 11 is 1.61. The van der Waals surface area contributed by atoms with Crippen LogP contribution < -0.4 is 5.32 Å². The van der Waals surface area contributed by atoms with Crippen LogP contribution >= 0.6 is 11.8 Å². The van der Waals surface area contributed by atoms with Crippen molar-refractivity contribution in [2.45, 2.75) is 26.1 Å². The fourth-order valence-corrected chi connectivity index (χ4v) is 5.03. The zero-order valence-corrected chi connectivity index (χ0v) is 13.5. The first-order valence-corrected chi connectivity index (χ1v) is 9.61. The summed E-state index contributed by atoms with van der Waals surface area (Å²) in [5, 5.41) is 2.49. The fourth-order valence-electron chi connectivity index (χ4n) is 2.05. The summed E-state index contributed by atoms with van der Waals surface area (Å²) in [6.07, 6.45) is 0. The smallest absolute Gasteiger partial charge is 0.227 e. The molecule has 5 nitrogen and oxygen atoms in total. The van der Waals surface area contributed by atoms with Crippen molar-refractivity contribution in [1.29, 1.82) is 0 Å². The molecule has 2 atom stereocenters. The molecule has 0 aromatic heterocycles. The fraction of sp³-hybridized carbons (Fsp3) is 0.917. The SMILES string of the molecule is CCNCC(C)C(=O)N1CCSCC1S(=O)(=O)CC. The first kappa shape index (κ1) is 16.8. The molecule has 1 heterocycles. The molecule has 0 aromatic rings. The van der Waals surface area contributed by atoms with Crippen LogP contribution in [0, 0.1) is 5.92 Å². The van der Waals surface area contributed by atoms with Crippen LogP contribution in [0.4, 0.5) is 0 Å². The van der Waals surface area contributed by atoms with E-state index in [1.807, 2.05) is 13.8 Å². The van der Waals surface area contributed by atoms with Gasteiger partial charge in [0.25, 0.3) is 0 Å². The van der Waals surface area contributed by atoms with E-state index in [0.717, 1.165) is 12.3 Å². The molecule has 112 valence electrons. The molecular weight excluding hydrogens is 284 g/mol. The number of nitrogens with one attached hydrogen (secondary N) is 1. The summed E-state index contributed by atoms with van der Waals surface area (Å²) in [5.74, 6) is 1.16. The normalized spacial score (nSPS) is 22.3. The number of hydrogen-bond acceptors (Lipinski definition) is 5. The quantitative estimate of drug-likeness (QED) is 0.777. The van der Waals surface area contributed by atoms with Gasteiger partial charge in [0, 0.05) is 36.3 Å². The van der Waals surface area contributed by atoms with E-state index >= 15 is 0 Å².